The van der Waals surface area contributed by atoms with Crippen LogP contribution in [0.1, 0.15) is 32.6 Å². The smallest absolute Gasteiger partial charge is 0.239 e. The average Bonchev–Trinajstić information content (AvgIpc) is 2.44. The Morgan fingerprint density at radius 2 is 1.88 bits per heavy atom. The van der Waals surface area contributed by atoms with E-state index in [4.69, 9.17) is 5.73 Å². The summed E-state index contributed by atoms with van der Waals surface area (Å²) in [5, 5.41) is 0. The van der Waals surface area contributed by atoms with Gasteiger partial charge in [-0.25, -0.2) is 0 Å². The molecule has 0 saturated carbocycles. The highest BCUT2D eigenvalue weighted by molar-refractivity contribution is 7.13. The maximum absolute atomic E-state index is 12.3. The number of carbonyl (C=O) groups excluding carboxylic acids is 1. The molecule has 0 aromatic carbocycles. The van der Waals surface area contributed by atoms with Gasteiger partial charge in [0.2, 0.25) is 5.91 Å². The van der Waals surface area contributed by atoms with Gasteiger partial charge in [0.05, 0.1) is 6.04 Å². The lowest BCUT2D eigenvalue weighted by Crippen LogP contribution is -2.51. The number of rotatable bonds is 1. The fraction of sp³-hybridized carbons (Fsp3) is 0.917. The number of likely N-dealkylation sites (tertiary alicyclic amines) is 1. The normalized spacial score (nSPS) is 33.8. The standard InChI is InChI=1S/C12H24N3OP/c1-9-2-3-11(13)12(16)15(8-9)10-4-6-14(17)7-5-10/h9-11H,2-8,13,17H2,1H3. The van der Waals surface area contributed by atoms with Gasteiger partial charge in [-0.15, -0.1) is 0 Å². The van der Waals surface area contributed by atoms with E-state index >= 15 is 0 Å². The molecule has 1 amide bonds. The molecule has 0 aromatic heterocycles. The molecular weight excluding hydrogens is 233 g/mol. The van der Waals surface area contributed by atoms with Crippen LogP contribution < -0.4 is 5.73 Å². The van der Waals surface area contributed by atoms with Crippen molar-refractivity contribution < 1.29 is 4.79 Å². The zero-order valence-corrected chi connectivity index (χ0v) is 11.8. The van der Waals surface area contributed by atoms with E-state index in [1.807, 2.05) is 0 Å². The van der Waals surface area contributed by atoms with Gasteiger partial charge in [-0.2, -0.15) is 0 Å². The van der Waals surface area contributed by atoms with Crippen LogP contribution in [0.3, 0.4) is 0 Å². The van der Waals surface area contributed by atoms with Crippen molar-refractivity contribution >= 4 is 15.3 Å². The van der Waals surface area contributed by atoms with Crippen molar-refractivity contribution in [1.29, 1.82) is 0 Å². The Balaban J connectivity index is 2.03. The van der Waals surface area contributed by atoms with Crippen molar-refractivity contribution in [3.8, 4) is 0 Å². The van der Waals surface area contributed by atoms with E-state index < -0.39 is 0 Å². The largest absolute Gasteiger partial charge is 0.338 e. The number of hydrogen-bond donors (Lipinski definition) is 1. The van der Waals surface area contributed by atoms with Gasteiger partial charge >= 0.3 is 0 Å². The highest BCUT2D eigenvalue weighted by Crippen LogP contribution is 2.24. The van der Waals surface area contributed by atoms with E-state index in [1.165, 1.54) is 0 Å². The van der Waals surface area contributed by atoms with E-state index in [0.717, 1.165) is 45.3 Å². The first kappa shape index (κ1) is 13.3. The molecule has 3 atom stereocenters. The van der Waals surface area contributed by atoms with Crippen molar-refractivity contribution in [2.75, 3.05) is 19.6 Å². The Morgan fingerprint density at radius 3 is 2.53 bits per heavy atom. The number of amides is 1. The lowest BCUT2D eigenvalue weighted by Gasteiger charge is -2.38. The molecule has 2 heterocycles. The van der Waals surface area contributed by atoms with Crippen molar-refractivity contribution in [1.82, 2.24) is 9.57 Å². The minimum Gasteiger partial charge on any atom is -0.338 e. The van der Waals surface area contributed by atoms with Crippen molar-refractivity contribution in [2.45, 2.75) is 44.7 Å². The molecule has 2 fully saturated rings. The molecule has 0 spiro atoms. The van der Waals surface area contributed by atoms with Crippen LogP contribution in [0.5, 0.6) is 0 Å². The second-order valence-corrected chi connectivity index (χ2v) is 6.28. The predicted octanol–water partition coefficient (Wildman–Crippen LogP) is 0.827. The van der Waals surface area contributed by atoms with Gasteiger partial charge in [0.1, 0.15) is 0 Å². The lowest BCUT2D eigenvalue weighted by molar-refractivity contribution is -0.135. The summed E-state index contributed by atoms with van der Waals surface area (Å²) < 4.78 is 2.25. The summed E-state index contributed by atoms with van der Waals surface area (Å²) >= 11 is 0. The molecule has 4 nitrogen and oxygen atoms in total. The van der Waals surface area contributed by atoms with E-state index in [1.54, 1.807) is 0 Å². The molecule has 0 radical (unpaired) electrons. The first-order valence-corrected chi connectivity index (χ1v) is 7.15. The highest BCUT2D eigenvalue weighted by atomic mass is 31.0. The quantitative estimate of drug-likeness (QED) is 0.708. The van der Waals surface area contributed by atoms with Crippen molar-refractivity contribution in [3.05, 3.63) is 0 Å². The fourth-order valence-electron chi connectivity index (χ4n) is 2.84. The van der Waals surface area contributed by atoms with Crippen LogP contribution in [0.25, 0.3) is 0 Å². The van der Waals surface area contributed by atoms with E-state index in [2.05, 4.69) is 25.9 Å². The van der Waals surface area contributed by atoms with Gasteiger partial charge in [-0.3, -0.25) is 9.46 Å². The maximum atomic E-state index is 12.3. The fourth-order valence-corrected chi connectivity index (χ4v) is 3.14. The number of hydrogen-bond acceptors (Lipinski definition) is 3. The van der Waals surface area contributed by atoms with E-state index in [-0.39, 0.29) is 11.9 Å². The molecule has 2 aliphatic rings. The Labute approximate surface area is 106 Å². The van der Waals surface area contributed by atoms with Crippen LogP contribution in [0.2, 0.25) is 0 Å². The third-order valence-corrected chi connectivity index (χ3v) is 4.54. The van der Waals surface area contributed by atoms with Gasteiger partial charge in [0, 0.05) is 25.7 Å². The molecule has 0 aliphatic carbocycles. The van der Waals surface area contributed by atoms with Gasteiger partial charge in [-0.05, 0) is 31.6 Å². The van der Waals surface area contributed by atoms with Crippen LogP contribution >= 0.6 is 9.39 Å². The first-order chi connectivity index (χ1) is 8.08. The summed E-state index contributed by atoms with van der Waals surface area (Å²) in [6.07, 6.45) is 4.08. The molecular formula is C12H24N3OP. The van der Waals surface area contributed by atoms with Crippen LogP contribution in [-0.2, 0) is 4.79 Å². The van der Waals surface area contributed by atoms with Crippen LogP contribution in [0.15, 0.2) is 0 Å². The van der Waals surface area contributed by atoms with Crippen LogP contribution in [-0.4, -0.2) is 47.2 Å². The molecule has 0 bridgehead atoms. The molecule has 2 N–H and O–H groups in total. The first-order valence-electron chi connectivity index (χ1n) is 6.63. The summed E-state index contributed by atoms with van der Waals surface area (Å²) in [4.78, 5) is 14.3. The zero-order chi connectivity index (χ0) is 12.4. The van der Waals surface area contributed by atoms with Gasteiger partial charge < -0.3 is 10.6 Å². The molecule has 2 saturated heterocycles. The topological polar surface area (TPSA) is 49.6 Å². The zero-order valence-electron chi connectivity index (χ0n) is 10.6. The third kappa shape index (κ3) is 3.18. The summed E-state index contributed by atoms with van der Waals surface area (Å²) in [5.41, 5.74) is 5.96. The van der Waals surface area contributed by atoms with Crippen LogP contribution in [0, 0.1) is 5.92 Å². The van der Waals surface area contributed by atoms with Crippen LogP contribution in [0.4, 0.5) is 0 Å². The molecule has 17 heavy (non-hydrogen) atoms. The highest BCUT2D eigenvalue weighted by Gasteiger charge is 2.33. The van der Waals surface area contributed by atoms with Crippen molar-refractivity contribution in [2.24, 2.45) is 11.7 Å². The molecule has 98 valence electrons. The van der Waals surface area contributed by atoms with E-state index in [9.17, 15) is 4.79 Å². The van der Waals surface area contributed by atoms with Gasteiger partial charge in [0.25, 0.3) is 0 Å². The summed E-state index contributed by atoms with van der Waals surface area (Å²) in [6.45, 7) is 5.24. The second-order valence-electron chi connectivity index (χ2n) is 5.55. The average molecular weight is 257 g/mol. The molecule has 5 heteroatoms. The summed E-state index contributed by atoms with van der Waals surface area (Å²) in [6, 6.07) is 0.139. The molecule has 0 aromatic rings. The molecule has 2 rings (SSSR count). The monoisotopic (exact) mass is 257 g/mol. The predicted molar refractivity (Wildman–Crippen MR) is 72.4 cm³/mol. The SMILES string of the molecule is CC1CCC(N)C(=O)N(C2CCN(P)CC2)C1. The van der Waals surface area contributed by atoms with Gasteiger partial charge in [-0.1, -0.05) is 16.3 Å². The third-order valence-electron chi connectivity index (χ3n) is 4.02. The second kappa shape index (κ2) is 5.64. The number of piperidine rings is 1. The molecule has 3 unspecified atom stereocenters. The summed E-state index contributed by atoms with van der Waals surface area (Å²) in [7, 11) is 2.75. The van der Waals surface area contributed by atoms with Gasteiger partial charge in [0.15, 0.2) is 0 Å². The minimum atomic E-state index is -0.269. The Kier molecular flexibility index (Phi) is 4.40. The minimum absolute atomic E-state index is 0.177. The van der Waals surface area contributed by atoms with Crippen molar-refractivity contribution in [3.63, 3.8) is 0 Å². The number of carbonyl (C=O) groups is 1. The van der Waals surface area contributed by atoms with E-state index in [0.29, 0.717) is 12.0 Å². The number of nitrogens with zero attached hydrogens (tertiary/aromatic N) is 2. The Morgan fingerprint density at radius 1 is 1.24 bits per heavy atom. The Hall–Kier alpha value is -0.180. The maximum Gasteiger partial charge on any atom is 0.239 e. The lowest BCUT2D eigenvalue weighted by atomic mass is 10.0. The molecule has 2 aliphatic heterocycles. The summed E-state index contributed by atoms with van der Waals surface area (Å²) in [5.74, 6) is 0.762. The number of nitrogens with two attached hydrogens (primary N) is 1. The Bertz CT molecular complexity index is 279.